The minimum absolute atomic E-state index is 0.0387. The van der Waals surface area contributed by atoms with Crippen molar-refractivity contribution in [2.24, 2.45) is 0 Å². The van der Waals surface area contributed by atoms with E-state index in [1.807, 2.05) is 0 Å². The van der Waals surface area contributed by atoms with Crippen LogP contribution in [0.15, 0.2) is 59.8 Å². The van der Waals surface area contributed by atoms with Gasteiger partial charge in [-0.05, 0) is 37.1 Å². The smallest absolute Gasteiger partial charge is 0.255 e. The molecule has 1 aliphatic rings. The number of carbonyl (C=O) groups excluding carboxylic acids is 1. The maximum absolute atomic E-state index is 12.6. The fraction of sp³-hybridized carbons (Fsp3) is 0.294. The molecule has 1 amide bonds. The van der Waals surface area contributed by atoms with Crippen LogP contribution in [0, 0.1) is 0 Å². The zero-order chi connectivity index (χ0) is 16.3. The molecule has 23 heavy (non-hydrogen) atoms. The van der Waals surface area contributed by atoms with Crippen molar-refractivity contribution in [1.82, 2.24) is 9.88 Å². The van der Waals surface area contributed by atoms with Crippen molar-refractivity contribution in [3.8, 4) is 0 Å². The predicted molar refractivity (Wildman–Crippen MR) is 86.8 cm³/mol. The zero-order valence-electron chi connectivity index (χ0n) is 12.6. The molecule has 1 saturated heterocycles. The minimum atomic E-state index is -3.40. The average Bonchev–Trinajstić information content (AvgIpc) is 3.03. The van der Waals surface area contributed by atoms with Crippen LogP contribution in [-0.4, -0.2) is 42.5 Å². The lowest BCUT2D eigenvalue weighted by molar-refractivity contribution is 0.0749. The van der Waals surface area contributed by atoms with Crippen LogP contribution in [0.1, 0.15) is 23.2 Å². The van der Waals surface area contributed by atoms with E-state index >= 15 is 0 Å². The first kappa shape index (κ1) is 15.7. The van der Waals surface area contributed by atoms with E-state index in [4.69, 9.17) is 0 Å². The molecule has 1 aromatic carbocycles. The Kier molecular flexibility index (Phi) is 4.43. The van der Waals surface area contributed by atoms with E-state index < -0.39 is 9.84 Å². The Morgan fingerprint density at radius 2 is 1.96 bits per heavy atom. The Morgan fingerprint density at radius 1 is 1.17 bits per heavy atom. The normalized spacial score (nSPS) is 18.1. The summed E-state index contributed by atoms with van der Waals surface area (Å²) in [6.45, 7) is 0.586. The molecule has 2 aromatic rings. The topological polar surface area (TPSA) is 67.3 Å². The monoisotopic (exact) mass is 330 g/mol. The molecule has 0 bridgehead atoms. The Morgan fingerprint density at radius 3 is 2.65 bits per heavy atom. The summed E-state index contributed by atoms with van der Waals surface area (Å²) in [5, 5.41) is 0. The fourth-order valence-corrected chi connectivity index (χ4v) is 4.53. The van der Waals surface area contributed by atoms with Crippen LogP contribution in [0.5, 0.6) is 0 Å². The molecular formula is C17H18N2O3S. The van der Waals surface area contributed by atoms with E-state index in [-0.39, 0.29) is 17.7 Å². The summed E-state index contributed by atoms with van der Waals surface area (Å²) in [6, 6.07) is 11.5. The fourth-order valence-electron chi connectivity index (χ4n) is 2.91. The van der Waals surface area contributed by atoms with Gasteiger partial charge in [-0.3, -0.25) is 9.78 Å². The van der Waals surface area contributed by atoms with E-state index in [2.05, 4.69) is 4.98 Å². The van der Waals surface area contributed by atoms with Gasteiger partial charge < -0.3 is 4.90 Å². The number of carbonyl (C=O) groups is 1. The summed E-state index contributed by atoms with van der Waals surface area (Å²) in [4.78, 5) is 18.5. The van der Waals surface area contributed by atoms with Crippen LogP contribution < -0.4 is 0 Å². The Bertz CT molecular complexity index is 776. The number of hydrogen-bond acceptors (Lipinski definition) is 4. The molecule has 2 heterocycles. The van der Waals surface area contributed by atoms with Crippen molar-refractivity contribution >= 4 is 15.7 Å². The summed E-state index contributed by atoms with van der Waals surface area (Å²) in [5.74, 6) is -0.188. The number of sulfone groups is 1. The van der Waals surface area contributed by atoms with Crippen LogP contribution in [0.4, 0.5) is 0 Å². The summed E-state index contributed by atoms with van der Waals surface area (Å²) >= 11 is 0. The molecule has 0 radical (unpaired) electrons. The average molecular weight is 330 g/mol. The van der Waals surface area contributed by atoms with Gasteiger partial charge in [0.15, 0.2) is 9.84 Å². The minimum Gasteiger partial charge on any atom is -0.335 e. The maximum Gasteiger partial charge on any atom is 0.255 e. The summed E-state index contributed by atoms with van der Waals surface area (Å²) in [5.41, 5.74) is 0.497. The predicted octanol–water partition coefficient (Wildman–Crippen LogP) is 2.16. The molecule has 1 aliphatic heterocycles. The molecule has 5 nitrogen and oxygen atoms in total. The van der Waals surface area contributed by atoms with Gasteiger partial charge in [0.05, 0.1) is 16.2 Å². The third-order valence-electron chi connectivity index (χ3n) is 4.06. The van der Waals surface area contributed by atoms with Crippen molar-refractivity contribution in [2.75, 3.05) is 12.3 Å². The van der Waals surface area contributed by atoms with E-state index in [1.54, 1.807) is 53.6 Å². The van der Waals surface area contributed by atoms with Crippen LogP contribution >= 0.6 is 0 Å². The molecular weight excluding hydrogens is 312 g/mol. The standard InChI is InChI=1S/C17H18N2O3S/c20-17(14-6-4-10-18-12-14)19-11-5-7-15(19)13-23(21,22)16-8-2-1-3-9-16/h1-4,6,8-10,12,15H,5,7,11,13H2. The second-order valence-corrected chi connectivity index (χ2v) is 7.66. The summed E-state index contributed by atoms with van der Waals surface area (Å²) in [7, 11) is -3.40. The van der Waals surface area contributed by atoms with Gasteiger partial charge in [-0.2, -0.15) is 0 Å². The molecule has 0 N–H and O–H groups in total. The molecule has 0 spiro atoms. The lowest BCUT2D eigenvalue weighted by atomic mass is 10.2. The van der Waals surface area contributed by atoms with Gasteiger partial charge in [0, 0.05) is 25.0 Å². The van der Waals surface area contributed by atoms with Crippen molar-refractivity contribution < 1.29 is 13.2 Å². The number of pyridine rings is 1. The number of hydrogen-bond donors (Lipinski definition) is 0. The van der Waals surface area contributed by atoms with Crippen LogP contribution in [0.3, 0.4) is 0 Å². The first-order valence-electron chi connectivity index (χ1n) is 7.57. The molecule has 1 aromatic heterocycles. The third kappa shape index (κ3) is 3.42. The Labute approximate surface area is 135 Å². The second kappa shape index (κ2) is 6.50. The molecule has 3 rings (SSSR count). The second-order valence-electron chi connectivity index (χ2n) is 5.63. The van der Waals surface area contributed by atoms with Crippen molar-refractivity contribution in [3.05, 3.63) is 60.4 Å². The highest BCUT2D eigenvalue weighted by atomic mass is 32.2. The highest BCUT2D eigenvalue weighted by Crippen LogP contribution is 2.23. The lowest BCUT2D eigenvalue weighted by Gasteiger charge is -2.24. The van der Waals surface area contributed by atoms with Gasteiger partial charge in [-0.1, -0.05) is 18.2 Å². The number of benzene rings is 1. The van der Waals surface area contributed by atoms with Gasteiger partial charge >= 0.3 is 0 Å². The molecule has 120 valence electrons. The van der Waals surface area contributed by atoms with Gasteiger partial charge in [0.25, 0.3) is 5.91 Å². The van der Waals surface area contributed by atoms with Crippen LogP contribution in [-0.2, 0) is 9.84 Å². The molecule has 0 saturated carbocycles. The number of rotatable bonds is 4. The summed E-state index contributed by atoms with van der Waals surface area (Å²) < 4.78 is 25.1. The summed E-state index contributed by atoms with van der Waals surface area (Å²) in [6.07, 6.45) is 4.65. The van der Waals surface area contributed by atoms with E-state index in [1.165, 1.54) is 6.20 Å². The highest BCUT2D eigenvalue weighted by Gasteiger charge is 2.33. The first-order chi connectivity index (χ1) is 11.1. The van der Waals surface area contributed by atoms with Crippen LogP contribution in [0.25, 0.3) is 0 Å². The quantitative estimate of drug-likeness (QED) is 0.861. The van der Waals surface area contributed by atoms with Gasteiger partial charge in [-0.25, -0.2) is 8.42 Å². The number of nitrogens with zero attached hydrogens (tertiary/aromatic N) is 2. The van der Waals surface area contributed by atoms with E-state index in [0.29, 0.717) is 23.4 Å². The number of aromatic nitrogens is 1. The SMILES string of the molecule is O=C(c1cccnc1)N1CCCC1CS(=O)(=O)c1ccccc1. The van der Waals surface area contributed by atoms with Gasteiger partial charge in [0.1, 0.15) is 0 Å². The number of likely N-dealkylation sites (tertiary alicyclic amines) is 1. The molecule has 1 fully saturated rings. The van der Waals surface area contributed by atoms with Crippen LogP contribution in [0.2, 0.25) is 0 Å². The molecule has 0 aliphatic carbocycles. The van der Waals surface area contributed by atoms with E-state index in [0.717, 1.165) is 6.42 Å². The van der Waals surface area contributed by atoms with E-state index in [9.17, 15) is 13.2 Å². The molecule has 1 atom stereocenters. The van der Waals surface area contributed by atoms with Crippen molar-refractivity contribution in [3.63, 3.8) is 0 Å². The van der Waals surface area contributed by atoms with Crippen molar-refractivity contribution in [2.45, 2.75) is 23.8 Å². The first-order valence-corrected chi connectivity index (χ1v) is 9.22. The van der Waals surface area contributed by atoms with Gasteiger partial charge in [-0.15, -0.1) is 0 Å². The number of amides is 1. The molecule has 1 unspecified atom stereocenters. The van der Waals surface area contributed by atoms with Crippen molar-refractivity contribution in [1.29, 1.82) is 0 Å². The third-order valence-corrected chi connectivity index (χ3v) is 5.87. The largest absolute Gasteiger partial charge is 0.335 e. The van der Waals surface area contributed by atoms with Gasteiger partial charge in [0.2, 0.25) is 0 Å². The molecule has 6 heteroatoms. The Hall–Kier alpha value is -2.21. The lowest BCUT2D eigenvalue weighted by Crippen LogP contribution is -2.39. The maximum atomic E-state index is 12.6. The zero-order valence-corrected chi connectivity index (χ0v) is 13.4. The highest BCUT2D eigenvalue weighted by molar-refractivity contribution is 7.91. The Balaban J connectivity index is 1.79.